The minimum atomic E-state index is 0.414. The van der Waals surface area contributed by atoms with Gasteiger partial charge in [-0.05, 0) is 48.8 Å². The molecule has 0 aromatic heterocycles. The summed E-state index contributed by atoms with van der Waals surface area (Å²) in [7, 11) is 0. The highest BCUT2D eigenvalue weighted by Crippen LogP contribution is 2.39. The van der Waals surface area contributed by atoms with Gasteiger partial charge in [0.25, 0.3) is 0 Å². The fraction of sp³-hybridized carbons (Fsp3) is 0.600. The maximum Gasteiger partial charge on any atom is 0.0441 e. The number of hydrogen-bond donors (Lipinski definition) is 1. The van der Waals surface area contributed by atoms with Crippen molar-refractivity contribution in [1.82, 2.24) is 0 Å². The van der Waals surface area contributed by atoms with Gasteiger partial charge in [0.15, 0.2) is 0 Å². The molecule has 1 N–H and O–H groups in total. The Morgan fingerprint density at radius 1 is 1.11 bits per heavy atom. The summed E-state index contributed by atoms with van der Waals surface area (Å²) in [5.74, 6) is 0.765. The van der Waals surface area contributed by atoms with Crippen LogP contribution in [0.3, 0.4) is 0 Å². The van der Waals surface area contributed by atoms with Gasteiger partial charge in [-0.25, -0.2) is 0 Å². The largest absolute Gasteiger partial charge is 0.382 e. The lowest BCUT2D eigenvalue weighted by molar-refractivity contribution is 0.178. The number of anilines is 1. The van der Waals surface area contributed by atoms with Crippen LogP contribution in [0.25, 0.3) is 0 Å². The predicted octanol–water partition coefficient (Wildman–Crippen LogP) is 5.62. The zero-order valence-corrected chi connectivity index (χ0v) is 12.8. The zero-order valence-electron chi connectivity index (χ0n) is 11.3. The van der Waals surface area contributed by atoms with Gasteiger partial charge in [0.2, 0.25) is 0 Å². The highest BCUT2D eigenvalue weighted by molar-refractivity contribution is 6.35. The summed E-state index contributed by atoms with van der Waals surface area (Å²) in [5.41, 5.74) is 1.44. The van der Waals surface area contributed by atoms with Crippen molar-refractivity contribution in [2.24, 2.45) is 11.3 Å². The molecule has 0 saturated heterocycles. The fourth-order valence-electron chi connectivity index (χ4n) is 3.33. The third kappa shape index (κ3) is 3.80. The number of rotatable bonds is 2. The average molecular weight is 286 g/mol. The van der Waals surface area contributed by atoms with Crippen molar-refractivity contribution in [3.63, 3.8) is 0 Å². The predicted molar refractivity (Wildman–Crippen MR) is 80.7 cm³/mol. The highest BCUT2D eigenvalue weighted by atomic mass is 35.5. The van der Waals surface area contributed by atoms with Crippen LogP contribution in [-0.2, 0) is 0 Å². The first-order chi connectivity index (χ1) is 8.34. The van der Waals surface area contributed by atoms with E-state index in [9.17, 15) is 0 Å². The third-order valence-electron chi connectivity index (χ3n) is 3.62. The highest BCUT2D eigenvalue weighted by Gasteiger charge is 2.31. The fourth-order valence-corrected chi connectivity index (χ4v) is 3.85. The summed E-state index contributed by atoms with van der Waals surface area (Å²) in [6.45, 7) is 7.03. The molecule has 0 radical (unpaired) electrons. The maximum atomic E-state index is 6.03. The Labute approximate surface area is 120 Å². The molecule has 0 bridgehead atoms. The zero-order chi connectivity index (χ0) is 13.3. The molecule has 0 aliphatic heterocycles. The third-order valence-corrected chi connectivity index (χ3v) is 4.06. The van der Waals surface area contributed by atoms with Crippen LogP contribution in [0.1, 0.15) is 40.0 Å². The molecule has 1 aliphatic carbocycles. The Balaban J connectivity index is 2.08. The molecule has 1 fully saturated rings. The van der Waals surface area contributed by atoms with Gasteiger partial charge < -0.3 is 5.32 Å². The van der Waals surface area contributed by atoms with Crippen LogP contribution in [0.5, 0.6) is 0 Å². The topological polar surface area (TPSA) is 12.0 Å². The molecule has 1 aromatic rings. The van der Waals surface area contributed by atoms with E-state index in [1.807, 2.05) is 12.1 Å². The number of nitrogens with one attached hydrogen (secondary N) is 1. The van der Waals surface area contributed by atoms with Crippen molar-refractivity contribution in [2.45, 2.75) is 46.1 Å². The summed E-state index contributed by atoms with van der Waals surface area (Å²) in [4.78, 5) is 0. The first kappa shape index (κ1) is 14.0. The lowest BCUT2D eigenvalue weighted by Gasteiger charge is -2.39. The summed E-state index contributed by atoms with van der Waals surface area (Å²) in [6.07, 6.45) is 3.72. The van der Waals surface area contributed by atoms with E-state index in [2.05, 4.69) is 26.1 Å². The molecule has 100 valence electrons. The normalized spacial score (nSPS) is 26.9. The van der Waals surface area contributed by atoms with Gasteiger partial charge >= 0.3 is 0 Å². The van der Waals surface area contributed by atoms with Crippen LogP contribution in [0.4, 0.5) is 5.69 Å². The van der Waals surface area contributed by atoms with Gasteiger partial charge in [0.1, 0.15) is 0 Å². The summed E-state index contributed by atoms with van der Waals surface area (Å²) in [6, 6.07) is 6.17. The molecule has 2 unspecified atom stereocenters. The number of halogens is 2. The molecule has 18 heavy (non-hydrogen) atoms. The lowest BCUT2D eigenvalue weighted by atomic mass is 9.70. The van der Waals surface area contributed by atoms with Crippen LogP contribution in [0.15, 0.2) is 18.2 Å². The lowest BCUT2D eigenvalue weighted by Crippen LogP contribution is -2.35. The van der Waals surface area contributed by atoms with Crippen LogP contribution in [0, 0.1) is 11.3 Å². The molecule has 0 spiro atoms. The van der Waals surface area contributed by atoms with Gasteiger partial charge in [-0.1, -0.05) is 44.0 Å². The quantitative estimate of drug-likeness (QED) is 0.744. The monoisotopic (exact) mass is 285 g/mol. The SMILES string of the molecule is CC1CC(Nc2cc(Cl)cc(Cl)c2)CC(C)(C)C1. The average Bonchev–Trinajstić information content (AvgIpc) is 2.10. The van der Waals surface area contributed by atoms with Crippen molar-refractivity contribution in [3.05, 3.63) is 28.2 Å². The Kier molecular flexibility index (Phi) is 4.13. The van der Waals surface area contributed by atoms with E-state index in [-0.39, 0.29) is 0 Å². The van der Waals surface area contributed by atoms with Gasteiger partial charge in [-0.2, -0.15) is 0 Å². The Morgan fingerprint density at radius 2 is 1.72 bits per heavy atom. The minimum absolute atomic E-state index is 0.414. The molecular weight excluding hydrogens is 265 g/mol. The molecule has 2 atom stereocenters. The van der Waals surface area contributed by atoms with E-state index in [0.29, 0.717) is 21.5 Å². The van der Waals surface area contributed by atoms with E-state index in [1.165, 1.54) is 19.3 Å². The Bertz CT molecular complexity index is 408. The van der Waals surface area contributed by atoms with Gasteiger partial charge in [-0.15, -0.1) is 0 Å². The van der Waals surface area contributed by atoms with Crippen molar-refractivity contribution in [2.75, 3.05) is 5.32 Å². The smallest absolute Gasteiger partial charge is 0.0441 e. The van der Waals surface area contributed by atoms with Crippen LogP contribution in [0.2, 0.25) is 10.0 Å². The molecule has 1 aromatic carbocycles. The molecule has 1 aliphatic rings. The maximum absolute atomic E-state index is 6.03. The van der Waals surface area contributed by atoms with E-state index < -0.39 is 0 Å². The van der Waals surface area contributed by atoms with E-state index >= 15 is 0 Å². The number of benzene rings is 1. The van der Waals surface area contributed by atoms with Crippen LogP contribution in [-0.4, -0.2) is 6.04 Å². The van der Waals surface area contributed by atoms with Gasteiger partial charge in [0.05, 0.1) is 0 Å². The van der Waals surface area contributed by atoms with Gasteiger partial charge in [0, 0.05) is 21.8 Å². The summed E-state index contributed by atoms with van der Waals surface area (Å²) < 4.78 is 0. The second-order valence-corrected chi connectivity index (χ2v) is 7.29. The van der Waals surface area contributed by atoms with E-state index in [1.54, 1.807) is 6.07 Å². The molecule has 2 rings (SSSR count). The molecular formula is C15H21Cl2N. The van der Waals surface area contributed by atoms with E-state index in [4.69, 9.17) is 23.2 Å². The molecule has 0 heterocycles. The second kappa shape index (κ2) is 5.30. The van der Waals surface area contributed by atoms with Crippen molar-refractivity contribution in [1.29, 1.82) is 0 Å². The second-order valence-electron chi connectivity index (χ2n) is 6.41. The molecule has 0 amide bonds. The molecule has 3 heteroatoms. The number of hydrogen-bond acceptors (Lipinski definition) is 1. The van der Waals surface area contributed by atoms with Crippen molar-refractivity contribution in [3.8, 4) is 0 Å². The van der Waals surface area contributed by atoms with Crippen molar-refractivity contribution >= 4 is 28.9 Å². The first-order valence-electron chi connectivity index (χ1n) is 6.57. The van der Waals surface area contributed by atoms with Crippen molar-refractivity contribution < 1.29 is 0 Å². The summed E-state index contributed by atoms with van der Waals surface area (Å²) >= 11 is 12.1. The van der Waals surface area contributed by atoms with Crippen LogP contribution >= 0.6 is 23.2 Å². The Morgan fingerprint density at radius 3 is 2.28 bits per heavy atom. The Hall–Kier alpha value is -0.400. The minimum Gasteiger partial charge on any atom is -0.382 e. The molecule has 1 nitrogen and oxygen atoms in total. The standard InChI is InChI=1S/C15H21Cl2N/c1-10-4-14(9-15(2,3)8-10)18-13-6-11(16)5-12(17)7-13/h5-7,10,14,18H,4,8-9H2,1-3H3. The van der Waals surface area contributed by atoms with Gasteiger partial charge in [-0.3, -0.25) is 0 Å². The summed E-state index contributed by atoms with van der Waals surface area (Å²) in [5, 5.41) is 4.96. The van der Waals surface area contributed by atoms with E-state index in [0.717, 1.165) is 11.6 Å². The first-order valence-corrected chi connectivity index (χ1v) is 7.32. The molecule has 1 saturated carbocycles. The van der Waals surface area contributed by atoms with Crippen LogP contribution < -0.4 is 5.32 Å².